The maximum atomic E-state index is 9.72. The molecule has 6 nitrogen and oxygen atoms in total. The molecule has 1 atom stereocenters. The number of rotatable bonds is 5. The van der Waals surface area contributed by atoms with E-state index in [-0.39, 0.29) is 11.5 Å². The second-order valence-corrected chi connectivity index (χ2v) is 9.92. The number of hydrogen-bond donors (Lipinski definition) is 2. The van der Waals surface area contributed by atoms with Gasteiger partial charge in [-0.3, -0.25) is 0 Å². The van der Waals surface area contributed by atoms with Gasteiger partial charge in [0.1, 0.15) is 0 Å². The highest BCUT2D eigenvalue weighted by atomic mass is 16.5. The molecule has 1 saturated carbocycles. The summed E-state index contributed by atoms with van der Waals surface area (Å²) in [6.45, 7) is 0.852. The molecule has 2 N–H and O–H groups in total. The summed E-state index contributed by atoms with van der Waals surface area (Å²) in [6, 6.07) is 11.2. The highest BCUT2D eigenvalue weighted by Crippen LogP contribution is 2.47. The number of fused-ring (bicyclic) bond motifs is 3. The molecule has 6 heteroatoms. The van der Waals surface area contributed by atoms with Crippen molar-refractivity contribution in [2.24, 2.45) is 0 Å². The van der Waals surface area contributed by atoms with Crippen LogP contribution in [0.4, 0.5) is 0 Å². The molecule has 0 spiro atoms. The number of hydrogen-bond acceptors (Lipinski definition) is 4. The molecule has 1 unspecified atom stereocenters. The van der Waals surface area contributed by atoms with E-state index >= 15 is 0 Å². The summed E-state index contributed by atoms with van der Waals surface area (Å²) in [4.78, 5) is 0. The lowest BCUT2D eigenvalue weighted by Gasteiger charge is -2.34. The van der Waals surface area contributed by atoms with E-state index in [9.17, 15) is 10.2 Å². The first-order valence-electron chi connectivity index (χ1n) is 12.4. The van der Waals surface area contributed by atoms with E-state index in [1.165, 1.54) is 40.4 Å². The van der Waals surface area contributed by atoms with E-state index in [4.69, 9.17) is 0 Å². The van der Waals surface area contributed by atoms with Crippen LogP contribution in [0, 0.1) is 0 Å². The van der Waals surface area contributed by atoms with E-state index in [0.717, 1.165) is 50.6 Å². The molecule has 0 amide bonds. The fraction of sp³-hybridized carbons (Fsp3) is 0.481. The van der Waals surface area contributed by atoms with Crippen LogP contribution in [0.2, 0.25) is 0 Å². The Balaban J connectivity index is 1.41. The third kappa shape index (κ3) is 3.39. The van der Waals surface area contributed by atoms with Gasteiger partial charge < -0.3 is 14.8 Å². The van der Waals surface area contributed by atoms with Gasteiger partial charge in [-0.1, -0.05) is 60.5 Å². The van der Waals surface area contributed by atoms with Gasteiger partial charge in [-0.25, -0.2) is 4.68 Å². The minimum Gasteiger partial charge on any atom is -0.368 e. The lowest BCUT2D eigenvalue weighted by molar-refractivity contribution is -0.0384. The fourth-order valence-electron chi connectivity index (χ4n) is 6.65. The summed E-state index contributed by atoms with van der Waals surface area (Å²) in [6.07, 6.45) is 14.3. The monoisotopic (exact) mass is 444 g/mol. The minimum atomic E-state index is -1.32. The van der Waals surface area contributed by atoms with Gasteiger partial charge in [-0.05, 0) is 54.9 Å². The van der Waals surface area contributed by atoms with Gasteiger partial charge in [0.2, 0.25) is 0 Å². The van der Waals surface area contributed by atoms with Gasteiger partial charge in [0.15, 0.2) is 6.29 Å². The average molecular weight is 445 g/mol. The lowest BCUT2D eigenvalue weighted by Crippen LogP contribution is -2.37. The van der Waals surface area contributed by atoms with Gasteiger partial charge in [-0.15, -0.1) is 5.10 Å². The Kier molecular flexibility index (Phi) is 5.23. The van der Waals surface area contributed by atoms with Crippen molar-refractivity contribution in [2.45, 2.75) is 82.1 Å². The standard InChI is InChI=1S/C27H32N4O2/c32-26(33)16-22-21-10-4-5-11-23(21)30-18-20(12-13-24(22)30)31-25(17-28-29-31)27(14-6-7-15-27)19-8-2-1-3-9-19/h1-3,8-11,17,20,26,32-33H,4-7,12-16,18H2. The highest BCUT2D eigenvalue weighted by molar-refractivity contribution is 5.44. The molecule has 3 heterocycles. The van der Waals surface area contributed by atoms with Crippen molar-refractivity contribution in [2.75, 3.05) is 0 Å². The Morgan fingerprint density at radius 1 is 1.06 bits per heavy atom. The Hall–Kier alpha value is -2.70. The van der Waals surface area contributed by atoms with Crippen molar-refractivity contribution in [3.63, 3.8) is 0 Å². The second-order valence-electron chi connectivity index (χ2n) is 9.92. The number of nitrogens with zero attached hydrogens (tertiary/aromatic N) is 4. The molecular weight excluding hydrogens is 412 g/mol. The third-order valence-corrected chi connectivity index (χ3v) is 8.11. The number of aliphatic hydroxyl groups is 2. The van der Waals surface area contributed by atoms with Crippen molar-refractivity contribution in [1.29, 1.82) is 0 Å². The molecule has 2 aliphatic carbocycles. The molecule has 1 aliphatic heterocycles. The summed E-state index contributed by atoms with van der Waals surface area (Å²) in [5.74, 6) is 0. The third-order valence-electron chi connectivity index (χ3n) is 8.11. The summed E-state index contributed by atoms with van der Waals surface area (Å²) >= 11 is 0. The Bertz CT molecular complexity index is 1270. The Morgan fingerprint density at radius 2 is 1.85 bits per heavy atom. The van der Waals surface area contributed by atoms with Gasteiger partial charge in [0, 0.05) is 29.4 Å². The molecule has 0 saturated heterocycles. The maximum absolute atomic E-state index is 9.72. The van der Waals surface area contributed by atoms with Crippen LogP contribution >= 0.6 is 0 Å². The van der Waals surface area contributed by atoms with Gasteiger partial charge in [-0.2, -0.15) is 0 Å². The quantitative estimate of drug-likeness (QED) is 0.593. The van der Waals surface area contributed by atoms with Crippen LogP contribution in [0.15, 0.2) is 36.5 Å². The number of aromatic nitrogens is 4. The van der Waals surface area contributed by atoms with E-state index in [0.29, 0.717) is 6.42 Å². The Morgan fingerprint density at radius 3 is 2.64 bits per heavy atom. The fourth-order valence-corrected chi connectivity index (χ4v) is 6.65. The first-order valence-corrected chi connectivity index (χ1v) is 12.4. The van der Waals surface area contributed by atoms with Crippen LogP contribution in [0.3, 0.4) is 0 Å². The van der Waals surface area contributed by atoms with Crippen molar-refractivity contribution in [3.05, 3.63) is 69.6 Å². The molecule has 1 aromatic carbocycles. The summed E-state index contributed by atoms with van der Waals surface area (Å²) < 4.78 is 4.65. The van der Waals surface area contributed by atoms with Gasteiger partial charge in [0.25, 0.3) is 0 Å². The van der Waals surface area contributed by atoms with Crippen molar-refractivity contribution < 1.29 is 10.2 Å². The largest absolute Gasteiger partial charge is 0.368 e. The molecule has 2 aromatic heterocycles. The molecular formula is C27H32N4O2. The van der Waals surface area contributed by atoms with Crippen LogP contribution < -0.4 is 10.6 Å². The maximum Gasteiger partial charge on any atom is 0.155 e. The number of aliphatic hydroxyl groups excluding tert-OH is 1. The summed E-state index contributed by atoms with van der Waals surface area (Å²) in [5.41, 5.74) is 5.00. The summed E-state index contributed by atoms with van der Waals surface area (Å²) in [7, 11) is 0. The van der Waals surface area contributed by atoms with Crippen LogP contribution in [0.25, 0.3) is 12.2 Å². The molecule has 172 valence electrons. The van der Waals surface area contributed by atoms with Gasteiger partial charge >= 0.3 is 0 Å². The van der Waals surface area contributed by atoms with E-state index < -0.39 is 6.29 Å². The molecule has 1 fully saturated rings. The Labute approximate surface area is 193 Å². The average Bonchev–Trinajstić information content (AvgIpc) is 3.58. The normalized spacial score (nSPS) is 21.4. The van der Waals surface area contributed by atoms with Crippen LogP contribution in [0.1, 0.15) is 73.5 Å². The SMILES string of the molecule is OC(O)Cc1c2n(c3c1=CCCC=3)CC(n1nncc1C1(c3ccccc3)CCCC1)CC2. The van der Waals surface area contributed by atoms with Crippen molar-refractivity contribution in [1.82, 2.24) is 19.6 Å². The second kappa shape index (κ2) is 8.26. The molecule has 6 rings (SSSR count). The predicted octanol–water partition coefficient (Wildman–Crippen LogP) is 2.34. The van der Waals surface area contributed by atoms with Crippen LogP contribution in [-0.4, -0.2) is 36.1 Å². The van der Waals surface area contributed by atoms with Crippen LogP contribution in [-0.2, 0) is 24.8 Å². The predicted molar refractivity (Wildman–Crippen MR) is 127 cm³/mol. The van der Waals surface area contributed by atoms with Crippen molar-refractivity contribution >= 4 is 12.2 Å². The summed E-state index contributed by atoms with van der Waals surface area (Å²) in [5, 5.41) is 31.0. The van der Waals surface area contributed by atoms with Crippen LogP contribution in [0.5, 0.6) is 0 Å². The topological polar surface area (TPSA) is 76.1 Å². The highest BCUT2D eigenvalue weighted by Gasteiger charge is 2.41. The zero-order valence-corrected chi connectivity index (χ0v) is 19.0. The van der Waals surface area contributed by atoms with E-state index in [1.807, 2.05) is 6.20 Å². The van der Waals surface area contributed by atoms with Crippen molar-refractivity contribution in [3.8, 4) is 0 Å². The number of benzene rings is 1. The molecule has 3 aliphatic rings. The van der Waals surface area contributed by atoms with E-state index in [2.05, 4.69) is 62.0 Å². The van der Waals surface area contributed by atoms with E-state index in [1.54, 1.807) is 0 Å². The zero-order chi connectivity index (χ0) is 22.4. The smallest absolute Gasteiger partial charge is 0.155 e. The van der Waals surface area contributed by atoms with Gasteiger partial charge in [0.05, 0.1) is 17.9 Å². The molecule has 3 aromatic rings. The zero-order valence-electron chi connectivity index (χ0n) is 19.0. The molecule has 0 bridgehead atoms. The lowest BCUT2D eigenvalue weighted by atomic mass is 9.76. The molecule has 33 heavy (non-hydrogen) atoms. The molecule has 0 radical (unpaired) electrons. The first-order chi connectivity index (χ1) is 16.2. The minimum absolute atomic E-state index is 0.00673. The first kappa shape index (κ1) is 20.9.